The number of amides is 2. The van der Waals surface area contributed by atoms with Crippen molar-refractivity contribution in [1.29, 1.82) is 0 Å². The van der Waals surface area contributed by atoms with Gasteiger partial charge in [-0.2, -0.15) is 0 Å². The molecule has 0 bridgehead atoms. The van der Waals surface area contributed by atoms with Gasteiger partial charge in [-0.3, -0.25) is 0 Å². The van der Waals surface area contributed by atoms with E-state index >= 15 is 0 Å². The average Bonchev–Trinajstić information content (AvgIpc) is 2.56. The summed E-state index contributed by atoms with van der Waals surface area (Å²) in [5, 5.41) is 5.57. The van der Waals surface area contributed by atoms with Crippen LogP contribution in [-0.4, -0.2) is 31.6 Å². The second-order valence-electron chi connectivity index (χ2n) is 5.59. The molecule has 0 radical (unpaired) electrons. The molecule has 2 rings (SSSR count). The van der Waals surface area contributed by atoms with Crippen molar-refractivity contribution in [3.63, 3.8) is 0 Å². The van der Waals surface area contributed by atoms with E-state index in [0.29, 0.717) is 17.8 Å². The molecule has 0 spiro atoms. The van der Waals surface area contributed by atoms with Crippen LogP contribution in [0.3, 0.4) is 0 Å². The van der Waals surface area contributed by atoms with Crippen LogP contribution in [0.25, 0.3) is 0 Å². The number of nitrogens with zero attached hydrogens (tertiary/aromatic N) is 1. The minimum atomic E-state index is -0.321. The monoisotopic (exact) mass is 325 g/mol. The maximum atomic E-state index is 13.1. The van der Waals surface area contributed by atoms with E-state index in [0.717, 1.165) is 5.56 Å². The molecule has 2 aromatic carbocycles. The molecule has 0 fully saturated rings. The zero-order valence-corrected chi connectivity index (χ0v) is 13.7. The maximum absolute atomic E-state index is 13.1. The van der Waals surface area contributed by atoms with Crippen LogP contribution in [0.2, 0.25) is 0 Å². The minimum absolute atomic E-state index is 0.0617. The summed E-state index contributed by atoms with van der Waals surface area (Å²) in [7, 11) is 3.81. The molecule has 2 aromatic rings. The zero-order chi connectivity index (χ0) is 17.5. The van der Waals surface area contributed by atoms with E-state index in [9.17, 15) is 9.18 Å². The molecule has 0 aromatic heterocycles. The van der Waals surface area contributed by atoms with Gasteiger partial charge in [0.2, 0.25) is 0 Å². The Balaban J connectivity index is 1.97. The summed E-state index contributed by atoms with van der Waals surface area (Å²) in [6, 6.07) is 12.9. The van der Waals surface area contributed by atoms with Gasteiger partial charge in [-0.05, 0) is 50.0 Å². The van der Waals surface area contributed by atoms with Crippen molar-refractivity contribution < 1.29 is 9.18 Å². The highest BCUT2D eigenvalue weighted by atomic mass is 19.1. The SMILES string of the molecule is C#Cc1cccc(NC(=O)NCC(c2ccc(F)cc2)N(C)C)c1. The fourth-order valence-corrected chi connectivity index (χ4v) is 2.33. The van der Waals surface area contributed by atoms with Crippen LogP contribution in [0, 0.1) is 18.2 Å². The Bertz CT molecular complexity index is 735. The van der Waals surface area contributed by atoms with Crippen LogP contribution < -0.4 is 10.6 Å². The molecule has 4 nitrogen and oxygen atoms in total. The molecular weight excluding hydrogens is 305 g/mol. The summed E-state index contributed by atoms with van der Waals surface area (Å²) in [5.41, 5.74) is 2.26. The molecule has 0 heterocycles. The number of likely N-dealkylation sites (N-methyl/N-ethyl adjacent to an activating group) is 1. The Hall–Kier alpha value is -2.84. The fourth-order valence-electron chi connectivity index (χ4n) is 2.33. The summed E-state index contributed by atoms with van der Waals surface area (Å²) in [6.07, 6.45) is 5.35. The summed E-state index contributed by atoms with van der Waals surface area (Å²) >= 11 is 0. The van der Waals surface area contributed by atoms with Crippen molar-refractivity contribution in [2.24, 2.45) is 0 Å². The van der Waals surface area contributed by atoms with Crippen LogP contribution in [-0.2, 0) is 0 Å². The van der Waals surface area contributed by atoms with E-state index in [1.54, 1.807) is 36.4 Å². The zero-order valence-electron chi connectivity index (χ0n) is 13.7. The summed E-state index contributed by atoms with van der Waals surface area (Å²) in [6.45, 7) is 0.388. The lowest BCUT2D eigenvalue weighted by molar-refractivity contribution is 0.243. The lowest BCUT2D eigenvalue weighted by Crippen LogP contribution is -2.36. The highest BCUT2D eigenvalue weighted by Crippen LogP contribution is 2.18. The van der Waals surface area contributed by atoms with Gasteiger partial charge in [-0.25, -0.2) is 9.18 Å². The van der Waals surface area contributed by atoms with Gasteiger partial charge in [0.15, 0.2) is 0 Å². The summed E-state index contributed by atoms with van der Waals surface area (Å²) in [4.78, 5) is 14.0. The topological polar surface area (TPSA) is 44.4 Å². The van der Waals surface area contributed by atoms with Crippen LogP contribution in [0.5, 0.6) is 0 Å². The van der Waals surface area contributed by atoms with Crippen molar-refractivity contribution in [2.75, 3.05) is 26.0 Å². The molecule has 5 heteroatoms. The van der Waals surface area contributed by atoms with Gasteiger partial charge in [-0.15, -0.1) is 6.42 Å². The van der Waals surface area contributed by atoms with Gasteiger partial charge in [0.25, 0.3) is 0 Å². The van der Waals surface area contributed by atoms with E-state index in [2.05, 4.69) is 16.6 Å². The third-order valence-electron chi connectivity index (χ3n) is 3.62. The number of nitrogens with one attached hydrogen (secondary N) is 2. The maximum Gasteiger partial charge on any atom is 0.319 e. The number of carbonyl (C=O) groups is 1. The molecule has 2 amide bonds. The van der Waals surface area contributed by atoms with Crippen LogP contribution in [0.15, 0.2) is 48.5 Å². The molecule has 0 saturated carbocycles. The number of anilines is 1. The standard InChI is InChI=1S/C19H20FN3O/c1-4-14-6-5-7-17(12-14)22-19(24)21-13-18(23(2)3)15-8-10-16(20)11-9-15/h1,5-12,18H,13H2,2-3H3,(H2,21,22,24). The van der Waals surface area contributed by atoms with E-state index in [1.807, 2.05) is 19.0 Å². The van der Waals surface area contributed by atoms with E-state index in [1.165, 1.54) is 12.1 Å². The predicted molar refractivity (Wildman–Crippen MR) is 94.2 cm³/mol. The van der Waals surface area contributed by atoms with Gasteiger partial charge in [0.1, 0.15) is 5.82 Å². The number of hydrogen-bond donors (Lipinski definition) is 2. The smallest absolute Gasteiger partial charge is 0.319 e. The number of urea groups is 1. The van der Waals surface area contributed by atoms with Gasteiger partial charge < -0.3 is 15.5 Å². The van der Waals surface area contributed by atoms with Gasteiger partial charge in [0.05, 0.1) is 6.04 Å². The van der Waals surface area contributed by atoms with Crippen molar-refractivity contribution in [1.82, 2.24) is 10.2 Å². The van der Waals surface area contributed by atoms with E-state index in [-0.39, 0.29) is 17.9 Å². The first-order valence-corrected chi connectivity index (χ1v) is 7.53. The quantitative estimate of drug-likeness (QED) is 0.829. The Morgan fingerprint density at radius 2 is 1.96 bits per heavy atom. The third-order valence-corrected chi connectivity index (χ3v) is 3.62. The largest absolute Gasteiger partial charge is 0.336 e. The second-order valence-corrected chi connectivity index (χ2v) is 5.59. The Morgan fingerprint density at radius 3 is 2.58 bits per heavy atom. The number of benzene rings is 2. The number of hydrogen-bond acceptors (Lipinski definition) is 2. The second kappa shape index (κ2) is 8.14. The minimum Gasteiger partial charge on any atom is -0.336 e. The summed E-state index contributed by atoms with van der Waals surface area (Å²) < 4.78 is 13.1. The fraction of sp³-hybridized carbons (Fsp3) is 0.211. The molecule has 1 unspecified atom stereocenters. The Labute approximate surface area is 141 Å². The lowest BCUT2D eigenvalue weighted by atomic mass is 10.1. The molecule has 0 aliphatic heterocycles. The van der Waals surface area contributed by atoms with Crippen molar-refractivity contribution in [2.45, 2.75) is 6.04 Å². The Kier molecular flexibility index (Phi) is 5.94. The number of rotatable bonds is 5. The van der Waals surface area contributed by atoms with Crippen molar-refractivity contribution in [3.8, 4) is 12.3 Å². The highest BCUT2D eigenvalue weighted by Gasteiger charge is 2.15. The first kappa shape index (κ1) is 17.5. The van der Waals surface area contributed by atoms with E-state index in [4.69, 9.17) is 6.42 Å². The molecule has 2 N–H and O–H groups in total. The highest BCUT2D eigenvalue weighted by molar-refractivity contribution is 5.89. The Morgan fingerprint density at radius 1 is 1.25 bits per heavy atom. The van der Waals surface area contributed by atoms with Crippen LogP contribution in [0.1, 0.15) is 17.2 Å². The average molecular weight is 325 g/mol. The predicted octanol–water partition coefficient (Wildman–Crippen LogP) is 3.23. The molecule has 24 heavy (non-hydrogen) atoms. The van der Waals surface area contributed by atoms with Crippen LogP contribution >= 0.6 is 0 Å². The molecule has 0 aliphatic carbocycles. The first-order chi connectivity index (χ1) is 11.5. The van der Waals surface area contributed by atoms with Gasteiger partial charge in [0, 0.05) is 17.8 Å². The van der Waals surface area contributed by atoms with Crippen molar-refractivity contribution >= 4 is 11.7 Å². The number of halogens is 1. The van der Waals surface area contributed by atoms with Gasteiger partial charge in [-0.1, -0.05) is 24.1 Å². The third kappa shape index (κ3) is 4.83. The molecule has 0 aliphatic rings. The number of carbonyl (C=O) groups excluding carboxylic acids is 1. The number of terminal acetylenes is 1. The molecule has 0 saturated heterocycles. The molecular formula is C19H20FN3O. The summed E-state index contributed by atoms with van der Waals surface area (Å²) in [5.74, 6) is 2.24. The van der Waals surface area contributed by atoms with Gasteiger partial charge >= 0.3 is 6.03 Å². The normalized spacial score (nSPS) is 11.6. The molecule has 124 valence electrons. The molecule has 1 atom stereocenters. The first-order valence-electron chi connectivity index (χ1n) is 7.53. The van der Waals surface area contributed by atoms with Crippen molar-refractivity contribution in [3.05, 3.63) is 65.5 Å². The van der Waals surface area contributed by atoms with Crippen LogP contribution in [0.4, 0.5) is 14.9 Å². The lowest BCUT2D eigenvalue weighted by Gasteiger charge is -2.25. The van der Waals surface area contributed by atoms with E-state index < -0.39 is 0 Å².